The third-order valence-electron chi connectivity index (χ3n) is 19.4. The second-order valence-corrected chi connectivity index (χ2v) is 33.6. The van der Waals surface area contributed by atoms with E-state index in [0.29, 0.717) is 19.3 Å². The van der Waals surface area contributed by atoms with Gasteiger partial charge in [0.15, 0.2) is 6.10 Å². The van der Waals surface area contributed by atoms with Crippen LogP contribution in [0.2, 0.25) is 0 Å². The molecule has 0 rings (SSSR count). The van der Waals surface area contributed by atoms with Gasteiger partial charge in [0, 0.05) is 19.3 Å². The molecule has 0 aromatic carbocycles. The Morgan fingerprint density at radius 2 is 0.453 bits per heavy atom. The minimum atomic E-state index is -4.95. The molecule has 0 saturated carbocycles. The Morgan fingerprint density at radius 1 is 0.248 bits per heavy atom. The van der Waals surface area contributed by atoms with E-state index in [2.05, 4.69) is 191 Å². The summed E-state index contributed by atoms with van der Waals surface area (Å²) in [5, 5.41) is 20.7. The lowest BCUT2D eigenvalue weighted by Gasteiger charge is -2.21. The van der Waals surface area contributed by atoms with Crippen LogP contribution in [-0.4, -0.2) is 95.9 Å². The maximum atomic E-state index is 13.1. The molecular formula is C99H168O16P2. The van der Waals surface area contributed by atoms with Crippen LogP contribution < -0.4 is 0 Å². The van der Waals surface area contributed by atoms with Gasteiger partial charge in [-0.3, -0.25) is 32.5 Å². The normalized spacial score (nSPS) is 14.6. The highest BCUT2D eigenvalue weighted by atomic mass is 31.2. The molecule has 0 aromatic heterocycles. The third-order valence-corrected chi connectivity index (χ3v) is 21.3. The second kappa shape index (κ2) is 90.2. The Morgan fingerprint density at radius 3 is 0.718 bits per heavy atom. The fourth-order valence-electron chi connectivity index (χ4n) is 12.4. The maximum absolute atomic E-state index is 13.1. The zero-order valence-electron chi connectivity index (χ0n) is 73.8. The smallest absolute Gasteiger partial charge is 0.463 e. The molecule has 0 spiro atoms. The van der Waals surface area contributed by atoms with E-state index in [9.17, 15) is 43.5 Å². The zero-order chi connectivity index (χ0) is 85.1. The van der Waals surface area contributed by atoms with E-state index < -0.39 is 91.5 Å². The third kappa shape index (κ3) is 91.5. The number of esters is 3. The molecule has 0 aliphatic rings. The number of carbonyl (C=O) groups excluding carboxylic acids is 3. The average molecular weight is 1680 g/mol. The number of phosphoric ester groups is 2. The monoisotopic (exact) mass is 1680 g/mol. The lowest BCUT2D eigenvalue weighted by molar-refractivity contribution is -0.161. The van der Waals surface area contributed by atoms with Gasteiger partial charge < -0.3 is 34.2 Å². The number of unbranched alkanes of at least 4 members (excludes halogenated alkanes) is 36. The molecule has 0 heterocycles. The van der Waals surface area contributed by atoms with Crippen LogP contribution in [0.15, 0.2) is 170 Å². The highest BCUT2D eigenvalue weighted by molar-refractivity contribution is 7.47. The van der Waals surface area contributed by atoms with Gasteiger partial charge in [-0.1, -0.05) is 377 Å². The summed E-state index contributed by atoms with van der Waals surface area (Å²) < 4.78 is 61.5. The van der Waals surface area contributed by atoms with E-state index in [-0.39, 0.29) is 19.3 Å². The molecule has 16 nitrogen and oxygen atoms in total. The number of aliphatic hydroxyl groups excluding tert-OH is 2. The first-order chi connectivity index (χ1) is 57.2. The summed E-state index contributed by atoms with van der Waals surface area (Å²) in [5.41, 5.74) is 0. The molecule has 117 heavy (non-hydrogen) atoms. The highest BCUT2D eigenvalue weighted by Gasteiger charge is 2.29. The van der Waals surface area contributed by atoms with Gasteiger partial charge in [0.05, 0.1) is 26.4 Å². The Labute approximate surface area is 713 Å². The molecule has 0 radical (unpaired) electrons. The fourth-order valence-corrected chi connectivity index (χ4v) is 14.0. The fraction of sp³-hybridized carbons (Fsp3) is 0.687. The largest absolute Gasteiger partial charge is 0.472 e. The van der Waals surface area contributed by atoms with Crippen molar-refractivity contribution in [1.29, 1.82) is 0 Å². The zero-order valence-corrected chi connectivity index (χ0v) is 75.6. The molecule has 0 aromatic rings. The number of ether oxygens (including phenoxy) is 3. The van der Waals surface area contributed by atoms with Gasteiger partial charge in [-0.2, -0.15) is 0 Å². The first kappa shape index (κ1) is 112. The van der Waals surface area contributed by atoms with E-state index in [4.69, 9.17) is 32.3 Å². The lowest BCUT2D eigenvalue weighted by atomic mass is 10.0. The van der Waals surface area contributed by atoms with Crippen molar-refractivity contribution in [3.63, 3.8) is 0 Å². The van der Waals surface area contributed by atoms with Crippen molar-refractivity contribution < 1.29 is 75.8 Å². The minimum absolute atomic E-state index is 0.0884. The summed E-state index contributed by atoms with van der Waals surface area (Å²) >= 11 is 0. The molecular weight excluding hydrogens is 1510 g/mol. The van der Waals surface area contributed by atoms with Crippen molar-refractivity contribution in [1.82, 2.24) is 0 Å². The average Bonchev–Trinajstić information content (AvgIpc) is 0.904. The van der Waals surface area contributed by atoms with E-state index in [1.165, 1.54) is 135 Å². The number of carbonyl (C=O) groups is 3. The Balaban J connectivity index is 4.64. The van der Waals surface area contributed by atoms with Crippen LogP contribution >= 0.6 is 15.6 Å². The Bertz CT molecular complexity index is 2810. The van der Waals surface area contributed by atoms with Crippen molar-refractivity contribution in [3.8, 4) is 0 Å². The standard InChI is InChI=1S/C99H168O16P2/c1-4-7-10-13-16-19-22-25-28-31-34-37-40-42-44-46-48-50-53-55-58-61-64-67-70-73-76-79-82-85-97(102)109-88-94(100)89-111-116(105,106)112-90-95(101)91-113-117(107,108)114-93-96(115-99(104)87-84-81-78-75-72-69-66-63-60-57-52-39-36-33-30-27-24-21-18-15-12-9-6-3)92-110-98(103)86-83-80-77-74-71-68-65-62-59-56-54-51-49-47-45-43-41-38-35-32-29-26-23-20-17-14-11-8-5-2/h7-8,10-11,16-21,25-30,34-39,42-45,57,60,94-96,100-101H,4-6,9,12-15,22-24,31-33,40-41,46-56,58-59,61-93H2,1-3H3,(H,105,106)(H,107,108)/b10-7-,11-8-,19-16-,20-17-,21-18-,28-25-,29-26-,30-27-,37-34-,38-35-,39-36-,44-42-,45-43-,60-57-. The van der Waals surface area contributed by atoms with Crippen LogP contribution in [0.1, 0.15) is 380 Å². The van der Waals surface area contributed by atoms with Crippen LogP contribution in [-0.2, 0) is 55.8 Å². The minimum Gasteiger partial charge on any atom is -0.463 e. The summed E-state index contributed by atoms with van der Waals surface area (Å²) in [6, 6.07) is 0. The lowest BCUT2D eigenvalue weighted by Crippen LogP contribution is -2.30. The van der Waals surface area contributed by atoms with Gasteiger partial charge in [-0.05, 0) is 154 Å². The number of hydrogen-bond acceptors (Lipinski definition) is 14. The molecule has 4 N–H and O–H groups in total. The van der Waals surface area contributed by atoms with Crippen LogP contribution in [0.3, 0.4) is 0 Å². The van der Waals surface area contributed by atoms with Gasteiger partial charge in [-0.25, -0.2) is 9.13 Å². The molecule has 670 valence electrons. The van der Waals surface area contributed by atoms with Crippen molar-refractivity contribution in [3.05, 3.63) is 170 Å². The van der Waals surface area contributed by atoms with Crippen LogP contribution in [0.4, 0.5) is 0 Å². The van der Waals surface area contributed by atoms with Gasteiger partial charge in [-0.15, -0.1) is 0 Å². The topological polar surface area (TPSA) is 231 Å². The van der Waals surface area contributed by atoms with E-state index in [0.717, 1.165) is 186 Å². The SMILES string of the molecule is CC/C=C\C/C=C\C/C=C\C/C=C\C/C=C\CCCCCCCCCCCCCCCC(=O)OCC(O)COP(=O)(O)OCC(O)COP(=O)(O)OCC(COC(=O)CCCCCCCCCCCCCCC/C=C\C/C=C\C/C=C\C/C=C\C/C=C\CC)OC(=O)CCCCCCCCC/C=C\C/C=C\C/C=C\C/C=C\CCCCC. The Hall–Kier alpha value is -5.09. The van der Waals surface area contributed by atoms with Crippen molar-refractivity contribution in [2.24, 2.45) is 0 Å². The number of rotatable bonds is 87. The molecule has 0 aliphatic heterocycles. The van der Waals surface area contributed by atoms with Crippen molar-refractivity contribution >= 4 is 33.6 Å². The first-order valence-electron chi connectivity index (χ1n) is 46.4. The molecule has 18 heteroatoms. The summed E-state index contributed by atoms with van der Waals surface area (Å²) in [4.78, 5) is 59.0. The van der Waals surface area contributed by atoms with E-state index in [1.807, 2.05) is 0 Å². The Kier molecular flexibility index (Phi) is 86.2. The van der Waals surface area contributed by atoms with Crippen LogP contribution in [0.25, 0.3) is 0 Å². The van der Waals surface area contributed by atoms with Crippen molar-refractivity contribution in [2.45, 2.75) is 399 Å². The molecule has 5 unspecified atom stereocenters. The number of phosphoric acid groups is 2. The number of aliphatic hydroxyl groups is 2. The number of hydrogen-bond donors (Lipinski definition) is 4. The first-order valence-corrected chi connectivity index (χ1v) is 49.4. The quantitative estimate of drug-likeness (QED) is 0.0146. The molecule has 0 bridgehead atoms. The van der Waals surface area contributed by atoms with Gasteiger partial charge in [0.2, 0.25) is 0 Å². The van der Waals surface area contributed by atoms with Crippen LogP contribution in [0.5, 0.6) is 0 Å². The van der Waals surface area contributed by atoms with Gasteiger partial charge >= 0.3 is 33.6 Å². The van der Waals surface area contributed by atoms with Crippen molar-refractivity contribution in [2.75, 3.05) is 39.6 Å². The summed E-state index contributed by atoms with van der Waals surface area (Å²) in [5.74, 6) is -1.58. The van der Waals surface area contributed by atoms with Gasteiger partial charge in [0.25, 0.3) is 0 Å². The molecule has 0 aliphatic carbocycles. The molecule has 0 saturated heterocycles. The second-order valence-electron chi connectivity index (χ2n) is 30.7. The highest BCUT2D eigenvalue weighted by Crippen LogP contribution is 2.45. The predicted molar refractivity (Wildman–Crippen MR) is 491 cm³/mol. The molecule has 0 amide bonds. The number of allylic oxidation sites excluding steroid dienone is 28. The maximum Gasteiger partial charge on any atom is 0.472 e. The van der Waals surface area contributed by atoms with Crippen LogP contribution in [0, 0.1) is 0 Å². The summed E-state index contributed by atoms with van der Waals surface area (Å²) in [7, 11) is -9.82. The summed E-state index contributed by atoms with van der Waals surface area (Å²) in [6.07, 6.45) is 117. The van der Waals surface area contributed by atoms with Gasteiger partial charge in [0.1, 0.15) is 25.4 Å². The van der Waals surface area contributed by atoms with E-state index in [1.54, 1.807) is 0 Å². The molecule has 5 atom stereocenters. The summed E-state index contributed by atoms with van der Waals surface area (Å²) in [6.45, 7) is 2.46. The predicted octanol–water partition coefficient (Wildman–Crippen LogP) is 28.7. The molecule has 0 fully saturated rings. The van der Waals surface area contributed by atoms with E-state index >= 15 is 0 Å².